The zero-order valence-electron chi connectivity index (χ0n) is 6.42. The van der Waals surface area contributed by atoms with Gasteiger partial charge in [0.2, 0.25) is 0 Å². The van der Waals surface area contributed by atoms with Gasteiger partial charge >= 0.3 is 78.1 Å². The molecule has 0 atom stereocenters. The maximum atomic E-state index is 10.8. The van der Waals surface area contributed by atoms with E-state index in [4.69, 9.17) is 0 Å². The van der Waals surface area contributed by atoms with Gasteiger partial charge in [-0.2, -0.15) is 0 Å². The Labute approximate surface area is 78.3 Å². The van der Waals surface area contributed by atoms with E-state index >= 15 is 0 Å². The summed E-state index contributed by atoms with van der Waals surface area (Å²) >= 11 is 1.11. The van der Waals surface area contributed by atoms with Crippen LogP contribution in [0.4, 0.5) is 0 Å². The average molecular weight is 264 g/mol. The molecule has 3 radical (unpaired) electrons. The summed E-state index contributed by atoms with van der Waals surface area (Å²) < 4.78 is 9.29. The van der Waals surface area contributed by atoms with Gasteiger partial charge in [0.05, 0.1) is 0 Å². The quantitative estimate of drug-likeness (QED) is 0.393. The van der Waals surface area contributed by atoms with Gasteiger partial charge in [-0.15, -0.1) is 0 Å². The summed E-state index contributed by atoms with van der Waals surface area (Å²) in [7, 11) is 2.51. The molecule has 0 amide bonds. The number of carbonyl (C=O) groups is 2. The Morgan fingerprint density at radius 3 is 1.82 bits per heavy atom. The van der Waals surface area contributed by atoms with E-state index in [1.54, 1.807) is 0 Å². The van der Waals surface area contributed by atoms with Crippen LogP contribution in [0.15, 0.2) is 0 Å². The third-order valence-corrected chi connectivity index (χ3v) is 2.34. The summed E-state index contributed by atoms with van der Waals surface area (Å²) in [4.78, 5) is 21.7. The molecule has 0 aliphatic heterocycles. The number of rotatable bonds is 3. The van der Waals surface area contributed by atoms with Crippen molar-refractivity contribution in [2.75, 3.05) is 14.2 Å². The summed E-state index contributed by atoms with van der Waals surface area (Å²) in [5.74, 6) is -1.77. The van der Waals surface area contributed by atoms with Gasteiger partial charge in [0.25, 0.3) is 0 Å². The molecule has 4 nitrogen and oxygen atoms in total. The van der Waals surface area contributed by atoms with Crippen LogP contribution < -0.4 is 0 Å². The van der Waals surface area contributed by atoms with Gasteiger partial charge < -0.3 is 0 Å². The van der Waals surface area contributed by atoms with E-state index in [0.29, 0.717) is 4.44 Å². The molecule has 0 bridgehead atoms. The molecule has 0 aliphatic rings. The van der Waals surface area contributed by atoms with Crippen LogP contribution in [0.5, 0.6) is 0 Å². The first-order valence-electron chi connectivity index (χ1n) is 2.97. The monoisotopic (exact) mass is 265 g/mol. The van der Waals surface area contributed by atoms with Crippen LogP contribution in [0, 0.1) is 5.92 Å². The summed E-state index contributed by atoms with van der Waals surface area (Å²) in [6.07, 6.45) is 0. The SMILES string of the molecule is COC(=O)C([CH2][Sn])C(=O)OC. The van der Waals surface area contributed by atoms with Crippen LogP contribution in [0.3, 0.4) is 0 Å². The molecule has 0 heterocycles. The molecular weight excluding hydrogens is 255 g/mol. The van der Waals surface area contributed by atoms with Crippen LogP contribution in [0.2, 0.25) is 4.44 Å². The Balaban J connectivity index is 4.15. The van der Waals surface area contributed by atoms with E-state index in [-0.39, 0.29) is 0 Å². The van der Waals surface area contributed by atoms with Crippen LogP contribution in [-0.2, 0) is 19.1 Å². The third kappa shape index (κ3) is 3.09. The molecule has 0 saturated carbocycles. The van der Waals surface area contributed by atoms with Crippen molar-refractivity contribution in [3.05, 3.63) is 0 Å². The Bertz CT molecular complexity index is 141. The van der Waals surface area contributed by atoms with Crippen molar-refractivity contribution >= 4 is 34.5 Å². The van der Waals surface area contributed by atoms with Crippen LogP contribution in [0.1, 0.15) is 0 Å². The fraction of sp³-hybridized carbons (Fsp3) is 0.667. The third-order valence-electron chi connectivity index (χ3n) is 1.18. The van der Waals surface area contributed by atoms with Crippen LogP contribution in [0.25, 0.3) is 0 Å². The number of hydrogen-bond acceptors (Lipinski definition) is 4. The van der Waals surface area contributed by atoms with E-state index in [2.05, 4.69) is 9.47 Å². The summed E-state index contributed by atoms with van der Waals surface area (Å²) in [5.41, 5.74) is 0. The number of hydrogen-bond donors (Lipinski definition) is 0. The Morgan fingerprint density at radius 2 is 1.64 bits per heavy atom. The molecule has 0 aliphatic carbocycles. The molecule has 0 fully saturated rings. The average Bonchev–Trinajstić information content (AvgIpc) is 2.05. The van der Waals surface area contributed by atoms with E-state index in [0.717, 1.165) is 22.5 Å². The topological polar surface area (TPSA) is 52.6 Å². The second-order valence-electron chi connectivity index (χ2n) is 1.80. The fourth-order valence-corrected chi connectivity index (χ4v) is 1.50. The first-order chi connectivity index (χ1) is 5.17. The van der Waals surface area contributed by atoms with Crippen LogP contribution in [-0.4, -0.2) is 48.7 Å². The molecule has 11 heavy (non-hydrogen) atoms. The van der Waals surface area contributed by atoms with E-state index < -0.39 is 17.9 Å². The summed E-state index contributed by atoms with van der Waals surface area (Å²) in [6, 6.07) is 0. The molecule has 0 aromatic rings. The predicted molar refractivity (Wildman–Crippen MR) is 38.1 cm³/mol. The molecule has 0 saturated heterocycles. The Hall–Kier alpha value is -0.261. The van der Waals surface area contributed by atoms with E-state index in [1.807, 2.05) is 0 Å². The molecule has 0 unspecified atom stereocenters. The minimum atomic E-state index is -0.733. The van der Waals surface area contributed by atoms with Crippen molar-refractivity contribution in [1.82, 2.24) is 0 Å². The van der Waals surface area contributed by atoms with Gasteiger partial charge in [0.1, 0.15) is 0 Å². The number of methoxy groups -OCH3 is 2. The Morgan fingerprint density at radius 1 is 1.27 bits per heavy atom. The van der Waals surface area contributed by atoms with E-state index in [1.165, 1.54) is 14.2 Å². The Kier molecular flexibility index (Phi) is 5.27. The molecule has 61 valence electrons. The fourth-order valence-electron chi connectivity index (χ4n) is 0.547. The predicted octanol–water partition coefficient (Wildman–Crippen LogP) is -0.465. The van der Waals surface area contributed by atoms with Gasteiger partial charge in [-0.3, -0.25) is 0 Å². The van der Waals surface area contributed by atoms with Crippen molar-refractivity contribution in [1.29, 1.82) is 0 Å². The number of ether oxygens (including phenoxy) is 2. The molecular formula is C6H9O4Sn. The maximum absolute atomic E-state index is 10.8. The molecule has 0 N–H and O–H groups in total. The molecule has 0 aromatic carbocycles. The molecule has 0 spiro atoms. The molecule has 5 heteroatoms. The van der Waals surface area contributed by atoms with Gasteiger partial charge in [0, 0.05) is 0 Å². The van der Waals surface area contributed by atoms with Gasteiger partial charge in [-0.25, -0.2) is 0 Å². The molecule has 0 aromatic heterocycles. The van der Waals surface area contributed by atoms with Crippen molar-refractivity contribution in [3.8, 4) is 0 Å². The van der Waals surface area contributed by atoms with Gasteiger partial charge in [-0.1, -0.05) is 0 Å². The molecule has 0 rings (SSSR count). The second-order valence-corrected chi connectivity index (χ2v) is 2.97. The number of carbonyl (C=O) groups excluding carboxylic acids is 2. The van der Waals surface area contributed by atoms with Gasteiger partial charge in [-0.05, 0) is 0 Å². The summed E-state index contributed by atoms with van der Waals surface area (Å²) in [5, 5.41) is 0. The van der Waals surface area contributed by atoms with Crippen molar-refractivity contribution in [2.45, 2.75) is 4.44 Å². The van der Waals surface area contributed by atoms with E-state index in [9.17, 15) is 9.59 Å². The van der Waals surface area contributed by atoms with Crippen molar-refractivity contribution < 1.29 is 19.1 Å². The first-order valence-corrected chi connectivity index (χ1v) is 4.99. The van der Waals surface area contributed by atoms with Crippen LogP contribution >= 0.6 is 0 Å². The van der Waals surface area contributed by atoms with Crippen molar-refractivity contribution in [3.63, 3.8) is 0 Å². The first kappa shape index (κ1) is 10.7. The standard InChI is InChI=1S/C6H9O4.Sn/c1-4(5(7)9-2)6(8)10-3;/h4H,1H2,2-3H3;. The summed E-state index contributed by atoms with van der Waals surface area (Å²) in [6.45, 7) is 0. The zero-order chi connectivity index (χ0) is 8.85. The normalized spacial score (nSPS) is 9.45. The minimum absolute atomic E-state index is 0.492. The number of esters is 2. The van der Waals surface area contributed by atoms with Crippen molar-refractivity contribution in [2.24, 2.45) is 5.92 Å². The second kappa shape index (κ2) is 5.40. The van der Waals surface area contributed by atoms with Gasteiger partial charge in [0.15, 0.2) is 0 Å². The zero-order valence-corrected chi connectivity index (χ0v) is 9.27.